The Balaban J connectivity index is 2.03. The normalized spacial score (nSPS) is 36.7. The van der Waals surface area contributed by atoms with Crippen LogP contribution in [0.4, 0.5) is 0 Å². The maximum absolute atomic E-state index is 12.4. The van der Waals surface area contributed by atoms with E-state index in [9.17, 15) is 9.59 Å². The molecule has 0 bridgehead atoms. The fraction of sp³-hybridized carbons (Fsp3) is 0.846. The van der Waals surface area contributed by atoms with Gasteiger partial charge in [0.05, 0.1) is 11.8 Å². The summed E-state index contributed by atoms with van der Waals surface area (Å²) in [5.74, 6) is -1.26. The molecule has 0 radical (unpaired) electrons. The molecule has 0 spiro atoms. The highest BCUT2D eigenvalue weighted by atomic mass is 16.4. The summed E-state index contributed by atoms with van der Waals surface area (Å²) in [4.78, 5) is 25.2. The van der Waals surface area contributed by atoms with Gasteiger partial charge < -0.3 is 15.7 Å². The lowest BCUT2D eigenvalue weighted by Crippen LogP contribution is -2.47. The van der Waals surface area contributed by atoms with E-state index in [-0.39, 0.29) is 23.9 Å². The highest BCUT2D eigenvalue weighted by molar-refractivity contribution is 5.82. The van der Waals surface area contributed by atoms with Gasteiger partial charge >= 0.3 is 5.97 Å². The number of nitrogens with two attached hydrogens (primary N) is 1. The van der Waals surface area contributed by atoms with Gasteiger partial charge in [0.2, 0.25) is 5.91 Å². The molecule has 0 aromatic heterocycles. The SMILES string of the molecule is CC1C(C(=O)O)CCN1C(=O)C1CCCCC1N. The van der Waals surface area contributed by atoms with E-state index in [0.717, 1.165) is 25.7 Å². The molecule has 1 aliphatic heterocycles. The summed E-state index contributed by atoms with van der Waals surface area (Å²) in [6.45, 7) is 2.39. The molecule has 102 valence electrons. The van der Waals surface area contributed by atoms with Crippen LogP contribution in [-0.4, -0.2) is 40.5 Å². The Bertz CT molecular complexity index is 345. The average molecular weight is 254 g/mol. The molecule has 1 heterocycles. The van der Waals surface area contributed by atoms with Crippen LogP contribution in [0.15, 0.2) is 0 Å². The predicted octanol–water partition coefficient (Wildman–Crippen LogP) is 0.825. The van der Waals surface area contributed by atoms with Crippen LogP contribution in [0.1, 0.15) is 39.0 Å². The van der Waals surface area contributed by atoms with Crippen molar-refractivity contribution in [1.82, 2.24) is 4.90 Å². The van der Waals surface area contributed by atoms with E-state index >= 15 is 0 Å². The third kappa shape index (κ3) is 2.36. The molecule has 4 unspecified atom stereocenters. The Morgan fingerprint density at radius 1 is 1.17 bits per heavy atom. The van der Waals surface area contributed by atoms with Gasteiger partial charge in [-0.25, -0.2) is 0 Å². The number of aliphatic carboxylic acids is 1. The summed E-state index contributed by atoms with van der Waals surface area (Å²) < 4.78 is 0. The first-order valence-electron chi connectivity index (χ1n) is 6.81. The number of rotatable bonds is 2. The number of likely N-dealkylation sites (tertiary alicyclic amines) is 1. The summed E-state index contributed by atoms with van der Waals surface area (Å²) in [5, 5.41) is 9.08. The molecule has 2 aliphatic rings. The number of carboxylic acids is 1. The van der Waals surface area contributed by atoms with Crippen molar-refractivity contribution < 1.29 is 14.7 Å². The van der Waals surface area contributed by atoms with Crippen LogP contribution < -0.4 is 5.73 Å². The van der Waals surface area contributed by atoms with Crippen LogP contribution in [0.2, 0.25) is 0 Å². The van der Waals surface area contributed by atoms with Crippen LogP contribution in [0.3, 0.4) is 0 Å². The molecule has 1 amide bonds. The number of carboxylic acid groups (broad SMARTS) is 1. The van der Waals surface area contributed by atoms with Gasteiger partial charge in [0.15, 0.2) is 0 Å². The number of hydrogen-bond donors (Lipinski definition) is 2. The minimum atomic E-state index is -0.800. The molecule has 5 nitrogen and oxygen atoms in total. The fourth-order valence-electron chi connectivity index (χ4n) is 3.26. The van der Waals surface area contributed by atoms with Crippen molar-refractivity contribution in [3.63, 3.8) is 0 Å². The fourth-order valence-corrected chi connectivity index (χ4v) is 3.26. The summed E-state index contributed by atoms with van der Waals surface area (Å²) >= 11 is 0. The lowest BCUT2D eigenvalue weighted by atomic mass is 9.84. The van der Waals surface area contributed by atoms with Gasteiger partial charge in [0.25, 0.3) is 0 Å². The molecule has 2 rings (SSSR count). The topological polar surface area (TPSA) is 83.6 Å². The lowest BCUT2D eigenvalue weighted by Gasteiger charge is -2.33. The molecule has 4 atom stereocenters. The Morgan fingerprint density at radius 2 is 1.83 bits per heavy atom. The first-order chi connectivity index (χ1) is 8.52. The highest BCUT2D eigenvalue weighted by Crippen LogP contribution is 2.30. The average Bonchev–Trinajstić information content (AvgIpc) is 2.71. The molecular formula is C13H22N2O3. The molecule has 0 aromatic carbocycles. The Labute approximate surface area is 107 Å². The first kappa shape index (κ1) is 13.3. The zero-order valence-corrected chi connectivity index (χ0v) is 10.8. The standard InChI is InChI=1S/C13H22N2O3/c1-8-9(13(17)18)6-7-15(8)12(16)10-4-2-3-5-11(10)14/h8-11H,2-7,14H2,1H3,(H,17,18). The number of nitrogens with zero attached hydrogens (tertiary/aromatic N) is 1. The highest BCUT2D eigenvalue weighted by Gasteiger charge is 2.41. The molecule has 1 aliphatic carbocycles. The zero-order valence-electron chi connectivity index (χ0n) is 10.8. The minimum Gasteiger partial charge on any atom is -0.481 e. The molecule has 1 saturated heterocycles. The van der Waals surface area contributed by atoms with E-state index < -0.39 is 11.9 Å². The second-order valence-electron chi connectivity index (χ2n) is 5.56. The molecule has 5 heteroatoms. The largest absolute Gasteiger partial charge is 0.481 e. The van der Waals surface area contributed by atoms with E-state index in [1.165, 1.54) is 0 Å². The van der Waals surface area contributed by atoms with E-state index in [1.54, 1.807) is 4.90 Å². The molecule has 3 N–H and O–H groups in total. The molecule has 1 saturated carbocycles. The van der Waals surface area contributed by atoms with Gasteiger partial charge in [-0.2, -0.15) is 0 Å². The predicted molar refractivity (Wildman–Crippen MR) is 66.9 cm³/mol. The van der Waals surface area contributed by atoms with Crippen LogP contribution in [0.5, 0.6) is 0 Å². The summed E-state index contributed by atoms with van der Waals surface area (Å²) in [6, 6.07) is -0.258. The molecule has 2 fully saturated rings. The smallest absolute Gasteiger partial charge is 0.308 e. The van der Waals surface area contributed by atoms with Crippen LogP contribution in [0.25, 0.3) is 0 Å². The maximum Gasteiger partial charge on any atom is 0.308 e. The van der Waals surface area contributed by atoms with Crippen molar-refractivity contribution in [2.75, 3.05) is 6.54 Å². The molecular weight excluding hydrogens is 232 g/mol. The van der Waals surface area contributed by atoms with Gasteiger partial charge in [-0.15, -0.1) is 0 Å². The van der Waals surface area contributed by atoms with Crippen LogP contribution in [0, 0.1) is 11.8 Å². The van der Waals surface area contributed by atoms with Gasteiger partial charge in [-0.3, -0.25) is 9.59 Å². The third-order valence-electron chi connectivity index (χ3n) is 4.49. The maximum atomic E-state index is 12.4. The number of carbonyl (C=O) groups is 2. The zero-order chi connectivity index (χ0) is 13.3. The van der Waals surface area contributed by atoms with Crippen LogP contribution >= 0.6 is 0 Å². The Hall–Kier alpha value is -1.10. The van der Waals surface area contributed by atoms with Crippen molar-refractivity contribution in [1.29, 1.82) is 0 Å². The lowest BCUT2D eigenvalue weighted by molar-refractivity contribution is -0.144. The van der Waals surface area contributed by atoms with Crippen molar-refractivity contribution >= 4 is 11.9 Å². The number of hydrogen-bond acceptors (Lipinski definition) is 3. The van der Waals surface area contributed by atoms with Crippen molar-refractivity contribution in [3.05, 3.63) is 0 Å². The summed E-state index contributed by atoms with van der Waals surface area (Å²) in [7, 11) is 0. The van der Waals surface area contributed by atoms with Crippen LogP contribution in [-0.2, 0) is 9.59 Å². The van der Waals surface area contributed by atoms with Crippen molar-refractivity contribution in [2.24, 2.45) is 17.6 Å². The Kier molecular flexibility index (Phi) is 3.90. The minimum absolute atomic E-state index is 0.0534. The molecule has 0 aromatic rings. The van der Waals surface area contributed by atoms with Gasteiger partial charge in [-0.05, 0) is 26.2 Å². The Morgan fingerprint density at radius 3 is 2.39 bits per heavy atom. The monoisotopic (exact) mass is 254 g/mol. The van der Waals surface area contributed by atoms with Crippen molar-refractivity contribution in [3.8, 4) is 0 Å². The first-order valence-corrected chi connectivity index (χ1v) is 6.81. The van der Waals surface area contributed by atoms with Gasteiger partial charge in [0.1, 0.15) is 0 Å². The second kappa shape index (κ2) is 5.26. The molecule has 18 heavy (non-hydrogen) atoms. The van der Waals surface area contributed by atoms with E-state index in [1.807, 2.05) is 6.92 Å². The summed E-state index contributed by atoms with van der Waals surface area (Å²) in [6.07, 6.45) is 4.46. The van der Waals surface area contributed by atoms with Crippen molar-refractivity contribution in [2.45, 2.75) is 51.1 Å². The van der Waals surface area contributed by atoms with Gasteiger partial charge in [0, 0.05) is 18.6 Å². The van der Waals surface area contributed by atoms with E-state index in [2.05, 4.69) is 0 Å². The third-order valence-corrected chi connectivity index (χ3v) is 4.49. The summed E-state index contributed by atoms with van der Waals surface area (Å²) in [5.41, 5.74) is 6.02. The van der Waals surface area contributed by atoms with E-state index in [0.29, 0.717) is 13.0 Å². The number of amides is 1. The van der Waals surface area contributed by atoms with Gasteiger partial charge in [-0.1, -0.05) is 12.8 Å². The second-order valence-corrected chi connectivity index (χ2v) is 5.56. The number of carbonyl (C=O) groups excluding carboxylic acids is 1. The van der Waals surface area contributed by atoms with E-state index in [4.69, 9.17) is 10.8 Å². The quantitative estimate of drug-likeness (QED) is 0.764.